The molecule has 3 aromatic rings. The first-order valence-electron chi connectivity index (χ1n) is 10.1. The Morgan fingerprint density at radius 1 is 0.969 bits per heavy atom. The number of aliphatic hydroxyl groups excluding tert-OH is 1. The molecule has 0 unspecified atom stereocenters. The van der Waals surface area contributed by atoms with Gasteiger partial charge in [0.2, 0.25) is 0 Å². The Kier molecular flexibility index (Phi) is 8.09. The third kappa shape index (κ3) is 6.51. The van der Waals surface area contributed by atoms with Crippen molar-refractivity contribution in [3.8, 4) is 11.8 Å². The number of amides is 1. The molecular formula is C25H24N4O3. The van der Waals surface area contributed by atoms with E-state index in [1.54, 1.807) is 30.5 Å². The first-order chi connectivity index (χ1) is 15.6. The highest BCUT2D eigenvalue weighted by molar-refractivity contribution is 5.98. The smallest absolute Gasteiger partial charge is 0.251 e. The van der Waals surface area contributed by atoms with E-state index in [0.29, 0.717) is 12.1 Å². The molecule has 3 rings (SSSR count). The molecule has 5 N–H and O–H groups in total. The van der Waals surface area contributed by atoms with Crippen LogP contribution in [0.1, 0.15) is 27.0 Å². The van der Waals surface area contributed by atoms with E-state index < -0.39 is 24.3 Å². The Morgan fingerprint density at radius 2 is 1.62 bits per heavy atom. The zero-order valence-corrected chi connectivity index (χ0v) is 17.4. The molecular weight excluding hydrogens is 404 g/mol. The molecule has 1 aromatic heterocycles. The van der Waals surface area contributed by atoms with Crippen LogP contribution in [0.4, 0.5) is 5.82 Å². The topological polar surface area (TPSA) is 117 Å². The normalized spacial score (nSPS) is 11.1. The van der Waals surface area contributed by atoms with Crippen LogP contribution < -0.4 is 16.4 Å². The number of hydrogen-bond acceptors (Lipinski definition) is 6. The number of Topliss-reactive ketones (excluding diaryl/α,β-unsaturated/α-hetero) is 1. The molecule has 0 aliphatic rings. The summed E-state index contributed by atoms with van der Waals surface area (Å²) in [5, 5.41) is 14.7. The maximum Gasteiger partial charge on any atom is 0.251 e. The fraction of sp³-hybridized carbons (Fsp3) is 0.160. The number of carbonyl (C=O) groups excluding carboxylic acids is 2. The number of nitrogens with two attached hydrogens (primary N) is 1. The average molecular weight is 428 g/mol. The lowest BCUT2D eigenvalue weighted by atomic mass is 10.1. The van der Waals surface area contributed by atoms with Crippen molar-refractivity contribution in [2.75, 3.05) is 18.5 Å². The number of anilines is 1. The van der Waals surface area contributed by atoms with Crippen molar-refractivity contribution >= 4 is 17.5 Å². The van der Waals surface area contributed by atoms with E-state index in [-0.39, 0.29) is 6.54 Å². The van der Waals surface area contributed by atoms with Crippen molar-refractivity contribution in [3.05, 3.63) is 95.2 Å². The van der Waals surface area contributed by atoms with Gasteiger partial charge in [-0.15, -0.1) is 0 Å². The number of benzene rings is 2. The summed E-state index contributed by atoms with van der Waals surface area (Å²) >= 11 is 0. The number of nitrogens with zero attached hydrogens (tertiary/aromatic N) is 1. The van der Waals surface area contributed by atoms with Crippen LogP contribution in [0.5, 0.6) is 0 Å². The number of rotatable bonds is 8. The monoisotopic (exact) mass is 428 g/mol. The van der Waals surface area contributed by atoms with Crippen molar-refractivity contribution in [2.24, 2.45) is 5.73 Å². The maximum absolute atomic E-state index is 12.3. The molecule has 0 radical (unpaired) electrons. The molecule has 0 aliphatic heterocycles. The van der Waals surface area contributed by atoms with Gasteiger partial charge in [0.15, 0.2) is 5.78 Å². The van der Waals surface area contributed by atoms with Gasteiger partial charge in [-0.25, -0.2) is 4.98 Å². The van der Waals surface area contributed by atoms with Gasteiger partial charge in [0.1, 0.15) is 18.5 Å². The van der Waals surface area contributed by atoms with Crippen LogP contribution in [0.2, 0.25) is 0 Å². The molecule has 1 atom stereocenters. The minimum Gasteiger partial charge on any atom is -0.388 e. The summed E-state index contributed by atoms with van der Waals surface area (Å²) in [5.41, 5.74) is 8.60. The first kappa shape index (κ1) is 22.7. The third-order valence-corrected chi connectivity index (χ3v) is 4.68. The van der Waals surface area contributed by atoms with Crippen molar-refractivity contribution in [1.29, 1.82) is 0 Å². The minimum atomic E-state index is -0.908. The Bertz CT molecular complexity index is 1100. The van der Waals surface area contributed by atoms with Gasteiger partial charge in [-0.2, -0.15) is 0 Å². The van der Waals surface area contributed by atoms with Gasteiger partial charge < -0.3 is 21.5 Å². The van der Waals surface area contributed by atoms with Gasteiger partial charge in [-0.05, 0) is 54.1 Å². The lowest BCUT2D eigenvalue weighted by molar-refractivity contribution is -0.123. The molecule has 7 heteroatoms. The maximum atomic E-state index is 12.3. The second kappa shape index (κ2) is 11.4. The van der Waals surface area contributed by atoms with E-state index >= 15 is 0 Å². The lowest BCUT2D eigenvalue weighted by Crippen LogP contribution is -2.46. The number of nitrogens with one attached hydrogen (secondary N) is 2. The van der Waals surface area contributed by atoms with Gasteiger partial charge >= 0.3 is 0 Å². The van der Waals surface area contributed by atoms with Crippen LogP contribution in [0, 0.1) is 11.8 Å². The van der Waals surface area contributed by atoms with E-state index in [0.717, 1.165) is 22.5 Å². The van der Waals surface area contributed by atoms with Crippen molar-refractivity contribution < 1.29 is 14.7 Å². The Hall–Kier alpha value is -3.99. The molecule has 7 nitrogen and oxygen atoms in total. The first-order valence-corrected chi connectivity index (χ1v) is 10.1. The van der Waals surface area contributed by atoms with Gasteiger partial charge in [0.25, 0.3) is 5.91 Å². The predicted octanol–water partition coefficient (Wildman–Crippen LogP) is 1.71. The van der Waals surface area contributed by atoms with Crippen molar-refractivity contribution in [2.45, 2.75) is 12.6 Å². The summed E-state index contributed by atoms with van der Waals surface area (Å²) in [4.78, 5) is 28.0. The zero-order valence-electron chi connectivity index (χ0n) is 17.4. The summed E-state index contributed by atoms with van der Waals surface area (Å²) in [6.45, 7) is -0.0751. The molecule has 162 valence electrons. The Labute approximate surface area is 186 Å². The molecule has 1 heterocycles. The Morgan fingerprint density at radius 3 is 2.19 bits per heavy atom. The quantitative estimate of drug-likeness (QED) is 0.406. The highest BCUT2D eigenvalue weighted by Crippen LogP contribution is 2.08. The third-order valence-electron chi connectivity index (χ3n) is 4.68. The highest BCUT2D eigenvalue weighted by Gasteiger charge is 2.18. The summed E-state index contributed by atoms with van der Waals surface area (Å²) in [7, 11) is 0. The number of hydrogen-bond donors (Lipinski definition) is 4. The minimum absolute atomic E-state index is 0.0767. The van der Waals surface area contributed by atoms with Gasteiger partial charge in [0.05, 0.1) is 0 Å². The summed E-state index contributed by atoms with van der Waals surface area (Å²) in [6.07, 6.45) is 1.75. The molecule has 2 aromatic carbocycles. The second-order valence-electron chi connectivity index (χ2n) is 6.98. The molecule has 32 heavy (non-hydrogen) atoms. The van der Waals surface area contributed by atoms with Gasteiger partial charge in [0, 0.05) is 36.0 Å². The van der Waals surface area contributed by atoms with Crippen molar-refractivity contribution in [3.63, 3.8) is 0 Å². The van der Waals surface area contributed by atoms with Crippen LogP contribution in [-0.4, -0.2) is 41.0 Å². The molecule has 0 aliphatic carbocycles. The number of ketones is 1. The largest absolute Gasteiger partial charge is 0.388 e. The predicted molar refractivity (Wildman–Crippen MR) is 123 cm³/mol. The average Bonchev–Trinajstić information content (AvgIpc) is 2.85. The van der Waals surface area contributed by atoms with Gasteiger partial charge in [-0.1, -0.05) is 30.0 Å². The number of carbonyl (C=O) groups is 2. The van der Waals surface area contributed by atoms with Crippen molar-refractivity contribution in [1.82, 2.24) is 10.3 Å². The SMILES string of the molecule is NC[C@H](NC(=O)c1ccc(C#Cc2ccc(CNc3ccccn3)cc2)cc1)C(=O)CO. The fourth-order valence-corrected chi connectivity index (χ4v) is 2.84. The lowest BCUT2D eigenvalue weighted by Gasteiger charge is -2.14. The molecule has 0 bridgehead atoms. The van der Waals surface area contributed by atoms with Crippen LogP contribution in [0.15, 0.2) is 72.9 Å². The van der Waals surface area contributed by atoms with Crippen LogP contribution in [-0.2, 0) is 11.3 Å². The van der Waals surface area contributed by atoms with Crippen LogP contribution >= 0.6 is 0 Å². The number of aromatic nitrogens is 1. The summed E-state index contributed by atoms with van der Waals surface area (Å²) in [6, 6.07) is 19.5. The highest BCUT2D eigenvalue weighted by atomic mass is 16.3. The number of aliphatic hydroxyl groups is 1. The standard InChI is InChI=1S/C25H24N4O3/c26-15-22(23(31)17-30)29-25(32)21-12-10-19(11-13-21)5-4-18-6-8-20(9-7-18)16-28-24-3-1-2-14-27-24/h1-3,6-14,22,30H,15-17,26H2,(H,27,28)(H,29,32)/t22-/m0/s1. The van der Waals surface area contributed by atoms with E-state index in [1.807, 2.05) is 42.5 Å². The van der Waals surface area contributed by atoms with Gasteiger partial charge in [-0.3, -0.25) is 9.59 Å². The van der Waals surface area contributed by atoms with E-state index in [1.165, 1.54) is 0 Å². The number of pyridine rings is 1. The summed E-state index contributed by atoms with van der Waals surface area (Å²) < 4.78 is 0. The molecule has 0 saturated heterocycles. The molecule has 0 saturated carbocycles. The molecule has 1 amide bonds. The fourth-order valence-electron chi connectivity index (χ4n) is 2.84. The van der Waals surface area contributed by atoms with Crippen LogP contribution in [0.25, 0.3) is 0 Å². The second-order valence-corrected chi connectivity index (χ2v) is 6.98. The Balaban J connectivity index is 1.57. The summed E-state index contributed by atoms with van der Waals surface area (Å²) in [5.74, 6) is 6.04. The van der Waals surface area contributed by atoms with Crippen LogP contribution in [0.3, 0.4) is 0 Å². The molecule has 0 fully saturated rings. The van der Waals surface area contributed by atoms with E-state index in [4.69, 9.17) is 10.8 Å². The van der Waals surface area contributed by atoms with E-state index in [2.05, 4.69) is 27.5 Å². The molecule has 0 spiro atoms. The zero-order chi connectivity index (χ0) is 22.8. The van der Waals surface area contributed by atoms with E-state index in [9.17, 15) is 9.59 Å².